The van der Waals surface area contributed by atoms with Gasteiger partial charge in [-0.3, -0.25) is 0 Å². The van der Waals surface area contributed by atoms with E-state index >= 15 is 0 Å². The monoisotopic (exact) mass is 164 g/mol. The summed E-state index contributed by atoms with van der Waals surface area (Å²) in [5, 5.41) is 0.975. The Kier molecular flexibility index (Phi) is 2.23. The fourth-order valence-electron chi connectivity index (χ4n) is 0.481. The number of hydrogen-bond donors (Lipinski definition) is 1. The van der Waals surface area contributed by atoms with Crippen LogP contribution in [-0.4, -0.2) is 21.1 Å². The number of hydrogen-bond acceptors (Lipinski definition) is 3. The fourth-order valence-corrected chi connectivity index (χ4v) is 1.80. The Labute approximate surface area is 64.8 Å². The van der Waals surface area contributed by atoms with Crippen LogP contribution < -0.4 is 0 Å². The van der Waals surface area contributed by atoms with E-state index in [4.69, 9.17) is 12.2 Å². The molecule has 2 unspecified atom stereocenters. The summed E-state index contributed by atoms with van der Waals surface area (Å²) in [7, 11) is 0. The highest BCUT2D eigenvalue weighted by molar-refractivity contribution is 8.09. The van der Waals surface area contributed by atoms with Gasteiger partial charge in [0.05, 0.1) is 0 Å². The third kappa shape index (κ3) is 1.64. The Balaban J connectivity index is 2.33. The van der Waals surface area contributed by atoms with Crippen molar-refractivity contribution in [3.63, 3.8) is 0 Å². The maximum absolute atomic E-state index is 5.07. The third-order valence-corrected chi connectivity index (χ3v) is 3.22. The summed E-state index contributed by atoms with van der Waals surface area (Å²) in [6, 6.07) is 0. The molecule has 8 heavy (non-hydrogen) atoms. The summed E-state index contributed by atoms with van der Waals surface area (Å²) < 4.78 is 0. The van der Waals surface area contributed by atoms with Crippen LogP contribution in [0.1, 0.15) is 6.92 Å². The van der Waals surface area contributed by atoms with E-state index in [1.807, 2.05) is 18.7 Å². The fraction of sp³-hybridized carbons (Fsp3) is 0.800. The molecule has 1 aliphatic heterocycles. The summed E-state index contributed by atoms with van der Waals surface area (Å²) in [5.41, 5.74) is 0. The van der Waals surface area contributed by atoms with Crippen LogP contribution in [0.5, 0.6) is 0 Å². The average molecular weight is 164 g/mol. The van der Waals surface area contributed by atoms with Crippen LogP contribution in [0.4, 0.5) is 0 Å². The molecule has 1 rings (SSSR count). The second-order valence-electron chi connectivity index (χ2n) is 1.90. The average Bonchev–Trinajstić information content (AvgIpc) is 2.43. The summed E-state index contributed by atoms with van der Waals surface area (Å²) >= 11 is 11.2. The summed E-state index contributed by atoms with van der Waals surface area (Å²) in [6.07, 6.45) is 0. The van der Waals surface area contributed by atoms with Gasteiger partial charge in [0.2, 0.25) is 0 Å². The van der Waals surface area contributed by atoms with Crippen molar-refractivity contribution in [3.8, 4) is 0 Å². The zero-order valence-electron chi connectivity index (χ0n) is 4.63. The summed E-state index contributed by atoms with van der Waals surface area (Å²) in [4.78, 5) is 1.12. The number of rotatable bonds is 2. The van der Waals surface area contributed by atoms with Crippen molar-refractivity contribution < 1.29 is 0 Å². The Bertz CT molecular complexity index is 100. The highest BCUT2D eigenvalue weighted by Gasteiger charge is 2.28. The molecule has 1 heterocycles. The summed E-state index contributed by atoms with van der Waals surface area (Å²) in [6.45, 7) is 2.03. The first-order chi connectivity index (χ1) is 3.72. The van der Waals surface area contributed by atoms with Crippen molar-refractivity contribution in [3.05, 3.63) is 0 Å². The van der Waals surface area contributed by atoms with Crippen molar-refractivity contribution in [2.45, 2.75) is 17.4 Å². The molecule has 0 radical (unpaired) electrons. The number of thiol groups is 1. The van der Waals surface area contributed by atoms with Crippen LogP contribution in [0.2, 0.25) is 0 Å². The lowest BCUT2D eigenvalue weighted by atomic mass is 10.3. The Morgan fingerprint density at radius 2 is 2.50 bits per heavy atom. The molecule has 0 aliphatic carbocycles. The first-order valence-corrected chi connectivity index (χ1v) is 4.52. The van der Waals surface area contributed by atoms with Gasteiger partial charge < -0.3 is 0 Å². The van der Waals surface area contributed by atoms with E-state index in [9.17, 15) is 0 Å². The van der Waals surface area contributed by atoms with Gasteiger partial charge >= 0.3 is 0 Å². The minimum atomic E-state index is 0.310. The van der Waals surface area contributed by atoms with Crippen LogP contribution >= 0.6 is 36.6 Å². The molecule has 0 aromatic rings. The maximum atomic E-state index is 5.07. The standard InChI is InChI=1S/C5H8S3/c1-3(6)5(7)4-2-8-4/h3-4,6H,2H2,1H3. The predicted octanol–water partition coefficient (Wildman–Crippen LogP) is 1.79. The van der Waals surface area contributed by atoms with Crippen molar-refractivity contribution in [1.82, 2.24) is 0 Å². The first-order valence-electron chi connectivity index (χ1n) is 2.55. The molecular weight excluding hydrogens is 156 g/mol. The van der Waals surface area contributed by atoms with E-state index in [2.05, 4.69) is 12.6 Å². The van der Waals surface area contributed by atoms with Crippen molar-refractivity contribution in [1.29, 1.82) is 0 Å². The second kappa shape index (κ2) is 2.58. The van der Waals surface area contributed by atoms with Crippen LogP contribution in [0.25, 0.3) is 0 Å². The topological polar surface area (TPSA) is 0 Å². The van der Waals surface area contributed by atoms with Gasteiger partial charge in [-0.05, 0) is 6.92 Å². The minimum absolute atomic E-state index is 0.310. The molecule has 0 bridgehead atoms. The van der Waals surface area contributed by atoms with Crippen molar-refractivity contribution >= 4 is 41.5 Å². The van der Waals surface area contributed by atoms with Crippen LogP contribution in [0.15, 0.2) is 0 Å². The SMILES string of the molecule is CC(S)C(=S)C1CS1. The van der Waals surface area contributed by atoms with Crippen molar-refractivity contribution in [2.24, 2.45) is 0 Å². The molecule has 1 aliphatic rings. The lowest BCUT2D eigenvalue weighted by molar-refractivity contribution is 1.30. The van der Waals surface area contributed by atoms with E-state index in [0.717, 1.165) is 4.86 Å². The smallest absolute Gasteiger partial charge is 0.0463 e. The molecule has 0 saturated carbocycles. The van der Waals surface area contributed by atoms with Gasteiger partial charge in [0, 0.05) is 21.1 Å². The Hall–Kier alpha value is 0.790. The van der Waals surface area contributed by atoms with Gasteiger partial charge in [-0.15, -0.1) is 0 Å². The molecule has 0 spiro atoms. The van der Waals surface area contributed by atoms with Gasteiger partial charge in [-0.2, -0.15) is 24.4 Å². The highest BCUT2D eigenvalue weighted by Crippen LogP contribution is 2.33. The molecule has 3 heteroatoms. The first kappa shape index (κ1) is 6.90. The Morgan fingerprint density at radius 1 is 2.00 bits per heavy atom. The number of thiocarbonyl (C=S) groups is 1. The van der Waals surface area contributed by atoms with Gasteiger partial charge in [-0.1, -0.05) is 12.2 Å². The highest BCUT2D eigenvalue weighted by atomic mass is 32.2. The number of thioether (sulfide) groups is 1. The minimum Gasteiger partial charge on any atom is -0.171 e. The van der Waals surface area contributed by atoms with Crippen LogP contribution in [0, 0.1) is 0 Å². The van der Waals surface area contributed by atoms with E-state index in [0.29, 0.717) is 10.5 Å². The second-order valence-corrected chi connectivity index (χ2v) is 4.38. The quantitative estimate of drug-likeness (QED) is 0.375. The molecule has 1 saturated heterocycles. The Morgan fingerprint density at radius 3 is 2.62 bits per heavy atom. The van der Waals surface area contributed by atoms with E-state index in [-0.39, 0.29) is 0 Å². The molecule has 46 valence electrons. The van der Waals surface area contributed by atoms with Gasteiger partial charge in [0.15, 0.2) is 0 Å². The zero-order chi connectivity index (χ0) is 6.15. The normalized spacial score (nSPS) is 29.5. The molecule has 0 aromatic heterocycles. The third-order valence-electron chi connectivity index (χ3n) is 1.06. The summed E-state index contributed by atoms with van der Waals surface area (Å²) in [5.74, 6) is 1.23. The molecule has 2 atom stereocenters. The lowest BCUT2D eigenvalue weighted by Crippen LogP contribution is -2.12. The van der Waals surface area contributed by atoms with E-state index in [1.54, 1.807) is 0 Å². The van der Waals surface area contributed by atoms with Crippen LogP contribution in [-0.2, 0) is 0 Å². The van der Waals surface area contributed by atoms with Gasteiger partial charge in [-0.25, -0.2) is 0 Å². The molecule has 1 fully saturated rings. The molecule has 0 nitrogen and oxygen atoms in total. The van der Waals surface area contributed by atoms with Crippen molar-refractivity contribution in [2.75, 3.05) is 5.75 Å². The predicted molar refractivity (Wildman–Crippen MR) is 47.3 cm³/mol. The molecular formula is C5H8S3. The zero-order valence-corrected chi connectivity index (χ0v) is 7.15. The van der Waals surface area contributed by atoms with E-state index < -0.39 is 0 Å². The largest absolute Gasteiger partial charge is 0.171 e. The van der Waals surface area contributed by atoms with Crippen LogP contribution in [0.3, 0.4) is 0 Å². The molecule has 0 amide bonds. The molecule has 0 aromatic carbocycles. The lowest BCUT2D eigenvalue weighted by Gasteiger charge is -2.00. The van der Waals surface area contributed by atoms with Gasteiger partial charge in [0.25, 0.3) is 0 Å². The molecule has 0 N–H and O–H groups in total. The van der Waals surface area contributed by atoms with Gasteiger partial charge in [0.1, 0.15) is 0 Å². The van der Waals surface area contributed by atoms with E-state index in [1.165, 1.54) is 5.75 Å². The maximum Gasteiger partial charge on any atom is 0.0463 e.